The Morgan fingerprint density at radius 2 is 1.73 bits per heavy atom. The van der Waals surface area contributed by atoms with E-state index in [-0.39, 0.29) is 24.6 Å². The molecule has 2 aromatic rings. The van der Waals surface area contributed by atoms with Gasteiger partial charge in [-0.15, -0.1) is 0 Å². The van der Waals surface area contributed by atoms with Crippen molar-refractivity contribution in [3.05, 3.63) is 71.8 Å². The van der Waals surface area contributed by atoms with Gasteiger partial charge in [-0.1, -0.05) is 60.7 Å². The quantitative estimate of drug-likeness (QED) is 0.684. The highest BCUT2D eigenvalue weighted by atomic mass is 16.7. The Morgan fingerprint density at radius 3 is 2.50 bits per heavy atom. The Hall–Kier alpha value is -1.76. The lowest BCUT2D eigenvalue weighted by atomic mass is 9.90. The van der Waals surface area contributed by atoms with E-state index in [0.29, 0.717) is 26.2 Å². The summed E-state index contributed by atoms with van der Waals surface area (Å²) in [4.78, 5) is 0. The van der Waals surface area contributed by atoms with E-state index < -0.39 is 5.60 Å². The van der Waals surface area contributed by atoms with Crippen molar-refractivity contribution in [1.82, 2.24) is 0 Å². The lowest BCUT2D eigenvalue weighted by Gasteiger charge is -2.37. The summed E-state index contributed by atoms with van der Waals surface area (Å²) >= 11 is 0. The number of ether oxygens (including phenoxy) is 4. The van der Waals surface area contributed by atoms with Crippen molar-refractivity contribution in [3.8, 4) is 0 Å². The minimum absolute atomic E-state index is 0.0743. The lowest BCUT2D eigenvalue weighted by molar-refractivity contribution is -0.273. The highest BCUT2D eigenvalue weighted by molar-refractivity contribution is 5.16. The summed E-state index contributed by atoms with van der Waals surface area (Å²) in [5.74, 6) is 0. The van der Waals surface area contributed by atoms with Gasteiger partial charge >= 0.3 is 0 Å². The molecule has 2 heterocycles. The molecule has 0 radical (unpaired) electrons. The van der Waals surface area contributed by atoms with Gasteiger partial charge in [-0.3, -0.25) is 0 Å². The number of aliphatic hydroxyl groups is 1. The summed E-state index contributed by atoms with van der Waals surface area (Å²) in [5.41, 5.74) is 1.30. The van der Waals surface area contributed by atoms with E-state index >= 15 is 0 Å². The predicted octanol–water partition coefficient (Wildman–Crippen LogP) is 4.40. The fraction of sp³-hybridized carbons (Fsp3) is 0.520. The fourth-order valence-electron chi connectivity index (χ4n) is 4.21. The maximum absolute atomic E-state index is 11.0. The van der Waals surface area contributed by atoms with Crippen LogP contribution in [0.5, 0.6) is 0 Å². The number of hydrogen-bond acceptors (Lipinski definition) is 5. The molecule has 30 heavy (non-hydrogen) atoms. The average molecular weight is 413 g/mol. The summed E-state index contributed by atoms with van der Waals surface area (Å²) < 4.78 is 24.3. The summed E-state index contributed by atoms with van der Waals surface area (Å²) in [7, 11) is 0. The molecule has 0 amide bonds. The molecule has 162 valence electrons. The van der Waals surface area contributed by atoms with Gasteiger partial charge < -0.3 is 24.1 Å². The molecule has 5 atom stereocenters. The van der Waals surface area contributed by atoms with Gasteiger partial charge in [0.25, 0.3) is 0 Å². The molecule has 4 rings (SSSR count). The minimum atomic E-state index is -0.887. The summed E-state index contributed by atoms with van der Waals surface area (Å²) in [6.07, 6.45) is 2.12. The molecule has 0 bridgehead atoms. The van der Waals surface area contributed by atoms with Crippen LogP contribution in [0.15, 0.2) is 60.7 Å². The van der Waals surface area contributed by atoms with E-state index in [1.54, 1.807) is 0 Å². The second kappa shape index (κ2) is 10.0. The first-order valence-electron chi connectivity index (χ1n) is 10.9. The largest absolute Gasteiger partial charge is 0.387 e. The third-order valence-corrected chi connectivity index (χ3v) is 6.03. The summed E-state index contributed by atoms with van der Waals surface area (Å²) in [6.45, 7) is 3.59. The van der Waals surface area contributed by atoms with Crippen LogP contribution < -0.4 is 0 Å². The molecule has 2 saturated heterocycles. The molecule has 0 spiro atoms. The van der Waals surface area contributed by atoms with Crippen LogP contribution in [0.4, 0.5) is 0 Å². The lowest BCUT2D eigenvalue weighted by Crippen LogP contribution is -2.45. The Balaban J connectivity index is 1.28. The van der Waals surface area contributed by atoms with Gasteiger partial charge in [-0.05, 0) is 38.2 Å². The Kier molecular flexibility index (Phi) is 7.18. The van der Waals surface area contributed by atoms with Crippen LogP contribution in [-0.4, -0.2) is 42.2 Å². The minimum Gasteiger partial charge on any atom is -0.387 e. The molecule has 5 heteroatoms. The van der Waals surface area contributed by atoms with E-state index in [0.717, 1.165) is 24.8 Å². The third-order valence-electron chi connectivity index (χ3n) is 6.03. The second-order valence-electron chi connectivity index (χ2n) is 8.49. The van der Waals surface area contributed by atoms with Crippen LogP contribution in [0, 0.1) is 0 Å². The molecule has 2 aliphatic heterocycles. The second-order valence-corrected chi connectivity index (χ2v) is 8.49. The standard InChI is InChI=1S/C25H32O5/c1-25(26)15-14-21-22(18-28-24(30-21)20-11-6-3-7-12-20)29-23(25)13-8-16-27-17-19-9-4-2-5-10-19/h2-7,9-12,21-24,26H,8,13-18H2,1H3/t21-,22+,23-,24+,25+/m1/s1. The molecule has 5 nitrogen and oxygen atoms in total. The first-order valence-corrected chi connectivity index (χ1v) is 10.9. The van der Waals surface area contributed by atoms with Crippen molar-refractivity contribution < 1.29 is 24.1 Å². The molecule has 2 fully saturated rings. The van der Waals surface area contributed by atoms with Crippen LogP contribution in [0.1, 0.15) is 50.0 Å². The molecule has 0 unspecified atom stereocenters. The molecule has 0 aliphatic carbocycles. The van der Waals surface area contributed by atoms with Gasteiger partial charge in [0.15, 0.2) is 6.29 Å². The van der Waals surface area contributed by atoms with Crippen LogP contribution >= 0.6 is 0 Å². The van der Waals surface area contributed by atoms with E-state index in [1.165, 1.54) is 5.56 Å². The number of rotatable bonds is 7. The van der Waals surface area contributed by atoms with Gasteiger partial charge in [-0.25, -0.2) is 0 Å². The molecule has 0 saturated carbocycles. The number of benzene rings is 2. The van der Waals surface area contributed by atoms with Crippen molar-refractivity contribution >= 4 is 0 Å². The first-order chi connectivity index (χ1) is 14.6. The van der Waals surface area contributed by atoms with E-state index in [2.05, 4.69) is 12.1 Å². The van der Waals surface area contributed by atoms with Crippen molar-refractivity contribution in [3.63, 3.8) is 0 Å². The predicted molar refractivity (Wildman–Crippen MR) is 114 cm³/mol. The molecule has 1 N–H and O–H groups in total. The first kappa shape index (κ1) is 21.5. The molecule has 2 aromatic carbocycles. The Labute approximate surface area is 178 Å². The van der Waals surface area contributed by atoms with Crippen molar-refractivity contribution in [2.45, 2.75) is 69.4 Å². The number of fused-ring (bicyclic) bond motifs is 1. The van der Waals surface area contributed by atoms with Crippen LogP contribution in [0.3, 0.4) is 0 Å². The van der Waals surface area contributed by atoms with Crippen LogP contribution in [-0.2, 0) is 25.6 Å². The SMILES string of the molecule is C[C@]1(O)CC[C@H]2O[C@@H](c3ccccc3)OC[C@@H]2O[C@@H]1CCCOCc1ccccc1. The molecular weight excluding hydrogens is 380 g/mol. The van der Waals surface area contributed by atoms with Crippen LogP contribution in [0.2, 0.25) is 0 Å². The third kappa shape index (κ3) is 5.48. The van der Waals surface area contributed by atoms with Gasteiger partial charge in [0, 0.05) is 12.2 Å². The van der Waals surface area contributed by atoms with E-state index in [1.807, 2.05) is 55.5 Å². The molecule has 2 aliphatic rings. The Morgan fingerprint density at radius 1 is 1.00 bits per heavy atom. The normalized spacial score (nSPS) is 31.7. The van der Waals surface area contributed by atoms with Gasteiger partial charge in [0.2, 0.25) is 0 Å². The molecule has 0 aromatic heterocycles. The Bertz CT molecular complexity index is 764. The maximum Gasteiger partial charge on any atom is 0.184 e. The zero-order valence-electron chi connectivity index (χ0n) is 17.6. The van der Waals surface area contributed by atoms with E-state index in [9.17, 15) is 5.11 Å². The van der Waals surface area contributed by atoms with E-state index in [4.69, 9.17) is 18.9 Å². The summed E-state index contributed by atoms with van der Waals surface area (Å²) in [6, 6.07) is 20.1. The van der Waals surface area contributed by atoms with Gasteiger partial charge in [0.05, 0.1) is 31.0 Å². The smallest absolute Gasteiger partial charge is 0.184 e. The molecular formula is C25H32O5. The zero-order valence-corrected chi connectivity index (χ0v) is 17.6. The van der Waals surface area contributed by atoms with Crippen molar-refractivity contribution in [2.75, 3.05) is 13.2 Å². The van der Waals surface area contributed by atoms with Crippen molar-refractivity contribution in [2.24, 2.45) is 0 Å². The van der Waals surface area contributed by atoms with Gasteiger partial charge in [-0.2, -0.15) is 0 Å². The number of hydrogen-bond donors (Lipinski definition) is 1. The maximum atomic E-state index is 11.0. The highest BCUT2D eigenvalue weighted by Gasteiger charge is 2.43. The fourth-order valence-corrected chi connectivity index (χ4v) is 4.21. The van der Waals surface area contributed by atoms with Crippen molar-refractivity contribution in [1.29, 1.82) is 0 Å². The highest BCUT2D eigenvalue weighted by Crippen LogP contribution is 2.37. The van der Waals surface area contributed by atoms with Crippen LogP contribution in [0.25, 0.3) is 0 Å². The van der Waals surface area contributed by atoms with Gasteiger partial charge in [0.1, 0.15) is 6.10 Å². The monoisotopic (exact) mass is 412 g/mol. The average Bonchev–Trinajstić information content (AvgIpc) is 2.90. The summed E-state index contributed by atoms with van der Waals surface area (Å²) in [5, 5.41) is 11.0. The zero-order chi connectivity index (χ0) is 20.8. The topological polar surface area (TPSA) is 57.2 Å².